The Balaban J connectivity index is 3.78. The molecule has 0 amide bonds. The molecular weight excluding hydrogens is 822 g/mol. The number of phosphoric ester groups is 6. The Morgan fingerprint density at radius 3 is 1.18 bits per heavy atom. The highest BCUT2D eigenvalue weighted by molar-refractivity contribution is 7.48. The predicted molar refractivity (Wildman–Crippen MR) is 156 cm³/mol. The molecule has 1 aliphatic rings. The number of ether oxygens (including phenoxy) is 2. The third kappa shape index (κ3) is 20.0. The number of esters is 1. The van der Waals surface area contributed by atoms with Gasteiger partial charge in [-0.2, -0.15) is 0 Å². The molecule has 0 heterocycles. The van der Waals surface area contributed by atoms with E-state index in [0.717, 1.165) is 20.0 Å². The molecule has 33 heteroatoms. The molecule has 1 aliphatic carbocycles. The van der Waals surface area contributed by atoms with E-state index in [9.17, 15) is 86.0 Å². The molecular formula is C17H38O27P6. The minimum atomic E-state index is -6.12. The van der Waals surface area contributed by atoms with Crippen molar-refractivity contribution in [2.45, 2.75) is 81.8 Å². The number of methoxy groups -OCH3 is 1. The van der Waals surface area contributed by atoms with Gasteiger partial charge in [0.1, 0.15) is 42.7 Å². The third-order valence-corrected chi connectivity index (χ3v) is 9.38. The fourth-order valence-corrected chi connectivity index (χ4v) is 7.99. The largest absolute Gasteiger partial charge is 0.472 e. The molecule has 1 saturated carbocycles. The van der Waals surface area contributed by atoms with Gasteiger partial charge in [0.25, 0.3) is 0 Å². The standard InChI is InChI=1S/C17H38O27P6/c1-3-4-5-6-7-11(18)38-10(8-36-2)9-37-50(34,35)44-17-15(42-48(28,29)30)13(40-46(22,23)24)12(39-45(19,20)21)14(41-47(25,26)27)16(17)43-49(31,32)33/h10,12-17H,3-9H2,1-2H3,(H,34,35)(H2,19,20,21)(H2,22,23,24)(H2,25,26,27)(H2,28,29,30)(H2,31,32,33)/t10-,12?,13-,14+,15-,16-,17?/m1/s1. The number of carbonyl (C=O) groups excluding carboxylic acids is 1. The van der Waals surface area contributed by atoms with E-state index in [0.29, 0.717) is 12.8 Å². The van der Waals surface area contributed by atoms with E-state index in [2.05, 4.69) is 22.6 Å². The van der Waals surface area contributed by atoms with Crippen molar-refractivity contribution >= 4 is 52.9 Å². The van der Waals surface area contributed by atoms with Crippen molar-refractivity contribution < 1.29 is 127 Å². The van der Waals surface area contributed by atoms with E-state index in [1.165, 1.54) is 0 Å². The van der Waals surface area contributed by atoms with Gasteiger partial charge in [-0.15, -0.1) is 0 Å². The second-order valence-electron chi connectivity index (χ2n) is 10.0. The molecule has 0 radical (unpaired) electrons. The zero-order valence-corrected chi connectivity index (χ0v) is 31.0. The van der Waals surface area contributed by atoms with Crippen LogP contribution in [0.3, 0.4) is 0 Å². The molecule has 298 valence electrons. The summed E-state index contributed by atoms with van der Waals surface area (Å²) in [6, 6.07) is 0. The van der Waals surface area contributed by atoms with Crippen LogP contribution < -0.4 is 0 Å². The monoisotopic (exact) mass is 860 g/mol. The molecule has 27 nitrogen and oxygen atoms in total. The zero-order chi connectivity index (χ0) is 38.9. The van der Waals surface area contributed by atoms with Gasteiger partial charge in [-0.3, -0.25) is 36.5 Å². The maximum absolute atomic E-state index is 13.1. The second-order valence-corrected chi connectivity index (χ2v) is 17.4. The van der Waals surface area contributed by atoms with Gasteiger partial charge in [-0.05, 0) is 6.42 Å². The summed E-state index contributed by atoms with van der Waals surface area (Å²) in [5.41, 5.74) is 0. The van der Waals surface area contributed by atoms with Gasteiger partial charge < -0.3 is 63.3 Å². The summed E-state index contributed by atoms with van der Waals surface area (Å²) < 4.78 is 113. The minimum Gasteiger partial charge on any atom is -0.457 e. The molecule has 8 atom stereocenters. The summed E-state index contributed by atoms with van der Waals surface area (Å²) in [5, 5.41) is 0. The van der Waals surface area contributed by atoms with Gasteiger partial charge in [-0.1, -0.05) is 26.2 Å². The quantitative estimate of drug-likeness (QED) is 0.0348. The smallest absolute Gasteiger partial charge is 0.457 e. The molecule has 0 bridgehead atoms. The van der Waals surface area contributed by atoms with Crippen LogP contribution in [0.2, 0.25) is 0 Å². The highest BCUT2D eigenvalue weighted by Crippen LogP contribution is 2.58. The molecule has 0 aromatic heterocycles. The molecule has 0 saturated heterocycles. The molecule has 0 aromatic carbocycles. The summed E-state index contributed by atoms with van der Waals surface area (Å²) >= 11 is 0. The molecule has 3 unspecified atom stereocenters. The van der Waals surface area contributed by atoms with Crippen molar-refractivity contribution in [2.75, 3.05) is 20.3 Å². The van der Waals surface area contributed by atoms with E-state index in [4.69, 9.17) is 18.5 Å². The maximum Gasteiger partial charge on any atom is 0.472 e. The summed E-state index contributed by atoms with van der Waals surface area (Å²) in [5.74, 6) is -0.816. The minimum absolute atomic E-state index is 0.0991. The Morgan fingerprint density at radius 2 is 0.880 bits per heavy atom. The lowest BCUT2D eigenvalue weighted by Gasteiger charge is -2.48. The number of phosphoric acid groups is 6. The summed E-state index contributed by atoms with van der Waals surface area (Å²) in [6.07, 6.45) is -18.0. The normalized spacial score (nSPS) is 25.9. The first-order valence-electron chi connectivity index (χ1n) is 13.5. The Morgan fingerprint density at radius 1 is 0.540 bits per heavy atom. The Bertz CT molecular complexity index is 1320. The molecule has 0 aromatic rings. The van der Waals surface area contributed by atoms with Gasteiger partial charge in [0.05, 0.1) is 13.2 Å². The second kappa shape index (κ2) is 19.6. The van der Waals surface area contributed by atoms with Gasteiger partial charge in [0.2, 0.25) is 0 Å². The van der Waals surface area contributed by atoms with Crippen molar-refractivity contribution in [2.24, 2.45) is 0 Å². The lowest BCUT2D eigenvalue weighted by Crippen LogP contribution is -2.66. The van der Waals surface area contributed by atoms with Crippen LogP contribution in [0.5, 0.6) is 0 Å². The number of hydrogen-bond acceptors (Lipinski definition) is 16. The number of hydrogen-bond donors (Lipinski definition) is 11. The van der Waals surface area contributed by atoms with Gasteiger partial charge >= 0.3 is 52.9 Å². The first-order chi connectivity index (χ1) is 22.5. The lowest BCUT2D eigenvalue weighted by atomic mass is 9.85. The van der Waals surface area contributed by atoms with E-state index >= 15 is 0 Å². The van der Waals surface area contributed by atoms with Crippen LogP contribution in [0.15, 0.2) is 0 Å². The number of carbonyl (C=O) groups is 1. The molecule has 50 heavy (non-hydrogen) atoms. The molecule has 0 spiro atoms. The summed E-state index contributed by atoms with van der Waals surface area (Å²) in [6.45, 7) is 0.325. The number of rotatable bonds is 23. The van der Waals surface area contributed by atoms with Crippen LogP contribution in [0.4, 0.5) is 0 Å². The van der Waals surface area contributed by atoms with Gasteiger partial charge in [0, 0.05) is 13.5 Å². The number of unbranched alkanes of at least 4 members (excludes halogenated alkanes) is 3. The summed E-state index contributed by atoms with van der Waals surface area (Å²) in [7, 11) is -35.4. The summed E-state index contributed by atoms with van der Waals surface area (Å²) in [4.78, 5) is 117. The van der Waals surface area contributed by atoms with Crippen molar-refractivity contribution in [1.82, 2.24) is 0 Å². The van der Waals surface area contributed by atoms with Crippen molar-refractivity contribution in [3.63, 3.8) is 0 Å². The van der Waals surface area contributed by atoms with E-state index in [1.807, 2.05) is 6.92 Å². The highest BCUT2D eigenvalue weighted by Gasteiger charge is 2.63. The Hall–Kier alpha value is 0.0900. The SMILES string of the molecule is CCCCCCC(=O)O[C@H](COC)COP(=O)(O)OC1[C@H](OP(=O)(O)O)[C@H](OP(=O)(O)O)C(OP(=O)(O)O)[C@H](OP(=O)(O)O)[C@H]1OP(=O)(O)O. The van der Waals surface area contributed by atoms with Crippen LogP contribution >= 0.6 is 46.9 Å². The highest BCUT2D eigenvalue weighted by atomic mass is 31.2. The maximum atomic E-state index is 13.1. The van der Waals surface area contributed by atoms with Crippen LogP contribution in [0.25, 0.3) is 0 Å². The predicted octanol–water partition coefficient (Wildman–Crippen LogP) is -0.580. The zero-order valence-electron chi connectivity index (χ0n) is 25.6. The van der Waals surface area contributed by atoms with Crippen LogP contribution in [-0.2, 0) is 73.3 Å². The van der Waals surface area contributed by atoms with Gasteiger partial charge in [0.15, 0.2) is 0 Å². The first-order valence-corrected chi connectivity index (χ1v) is 22.6. The average molecular weight is 860 g/mol. The molecule has 1 fully saturated rings. The van der Waals surface area contributed by atoms with E-state index in [-0.39, 0.29) is 6.42 Å². The molecule has 0 aliphatic heterocycles. The first kappa shape index (κ1) is 48.1. The van der Waals surface area contributed by atoms with Crippen molar-refractivity contribution in [1.29, 1.82) is 0 Å². The van der Waals surface area contributed by atoms with E-state index in [1.54, 1.807) is 0 Å². The lowest BCUT2D eigenvalue weighted by molar-refractivity contribution is -0.202. The van der Waals surface area contributed by atoms with Crippen molar-refractivity contribution in [3.05, 3.63) is 0 Å². The van der Waals surface area contributed by atoms with E-state index < -0.39 is 109 Å². The third-order valence-electron chi connectivity index (χ3n) is 5.80. The van der Waals surface area contributed by atoms with Crippen molar-refractivity contribution in [3.8, 4) is 0 Å². The Kier molecular flexibility index (Phi) is 18.9. The topological polar surface area (TPSA) is 425 Å². The fourth-order valence-electron chi connectivity index (χ4n) is 4.24. The molecule has 1 rings (SSSR count). The van der Waals surface area contributed by atoms with Crippen LogP contribution in [0.1, 0.15) is 39.0 Å². The van der Waals surface area contributed by atoms with Crippen LogP contribution in [0, 0.1) is 0 Å². The van der Waals surface area contributed by atoms with Crippen LogP contribution in [-0.4, -0.2) is 123 Å². The Labute approximate surface area is 282 Å². The average Bonchev–Trinajstić information content (AvgIpc) is 2.88. The molecule has 11 N–H and O–H groups in total. The fraction of sp³-hybridized carbons (Fsp3) is 0.941. The van der Waals surface area contributed by atoms with Gasteiger partial charge in [-0.25, -0.2) is 27.4 Å².